The van der Waals surface area contributed by atoms with E-state index in [1.54, 1.807) is 0 Å². The lowest BCUT2D eigenvalue weighted by atomic mass is 10.0. The zero-order chi connectivity index (χ0) is 15.5. The Morgan fingerprint density at radius 3 is 2.86 bits per heavy atom. The van der Waals surface area contributed by atoms with E-state index in [9.17, 15) is 0 Å². The van der Waals surface area contributed by atoms with Crippen molar-refractivity contribution in [1.82, 2.24) is 9.97 Å². The van der Waals surface area contributed by atoms with Crippen LogP contribution in [0.4, 0.5) is 5.95 Å². The second-order valence-electron chi connectivity index (χ2n) is 5.69. The lowest BCUT2D eigenvalue weighted by Crippen LogP contribution is -2.19. The Labute approximate surface area is 135 Å². The molecule has 0 saturated carbocycles. The van der Waals surface area contributed by atoms with E-state index >= 15 is 0 Å². The Morgan fingerprint density at radius 1 is 1.32 bits per heavy atom. The topological polar surface area (TPSA) is 47.0 Å². The van der Waals surface area contributed by atoms with Crippen molar-refractivity contribution >= 4 is 17.5 Å². The molecule has 4 nitrogen and oxygen atoms in total. The van der Waals surface area contributed by atoms with E-state index in [-0.39, 0.29) is 6.10 Å². The average Bonchev–Trinajstić information content (AvgIpc) is 2.99. The second-order valence-corrected chi connectivity index (χ2v) is 6.10. The summed E-state index contributed by atoms with van der Waals surface area (Å²) in [5.74, 6) is 0.639. The van der Waals surface area contributed by atoms with Crippen LogP contribution in [-0.4, -0.2) is 29.2 Å². The highest BCUT2D eigenvalue weighted by molar-refractivity contribution is 6.33. The number of nitrogens with one attached hydrogen (secondary N) is 1. The maximum Gasteiger partial charge on any atom is 0.222 e. The molecule has 1 aliphatic heterocycles. The lowest BCUT2D eigenvalue weighted by Gasteiger charge is -2.13. The average molecular weight is 318 g/mol. The van der Waals surface area contributed by atoms with Gasteiger partial charge >= 0.3 is 0 Å². The highest BCUT2D eigenvalue weighted by Gasteiger charge is 2.16. The number of hydrogen-bond acceptors (Lipinski definition) is 4. The predicted octanol–water partition coefficient (Wildman–Crippen LogP) is 4.00. The number of aromatic nitrogens is 2. The molecule has 1 fully saturated rings. The Balaban J connectivity index is 1.76. The predicted molar refractivity (Wildman–Crippen MR) is 89.4 cm³/mol. The maximum atomic E-state index is 6.34. The molecule has 2 heterocycles. The van der Waals surface area contributed by atoms with Crippen molar-refractivity contribution in [2.75, 3.05) is 18.5 Å². The van der Waals surface area contributed by atoms with Gasteiger partial charge in [0.05, 0.1) is 11.8 Å². The minimum absolute atomic E-state index is 0.273. The Bertz CT molecular complexity index is 669. The summed E-state index contributed by atoms with van der Waals surface area (Å²) in [6.07, 6.45) is 4.34. The summed E-state index contributed by atoms with van der Waals surface area (Å²) < 4.78 is 5.59. The van der Waals surface area contributed by atoms with Gasteiger partial charge in [-0.2, -0.15) is 0 Å². The van der Waals surface area contributed by atoms with Gasteiger partial charge in [0.25, 0.3) is 0 Å². The summed E-state index contributed by atoms with van der Waals surface area (Å²) in [4.78, 5) is 8.94. The minimum Gasteiger partial charge on any atom is -0.376 e. The van der Waals surface area contributed by atoms with E-state index in [0.29, 0.717) is 5.95 Å². The molecule has 1 aromatic carbocycles. The molecule has 1 unspecified atom stereocenters. The number of rotatable bonds is 4. The first-order chi connectivity index (χ1) is 10.6. The fourth-order valence-electron chi connectivity index (χ4n) is 2.67. The molecular formula is C17H20ClN3O. The molecule has 0 bridgehead atoms. The molecule has 0 amide bonds. The fourth-order valence-corrected chi connectivity index (χ4v) is 3.00. The summed E-state index contributed by atoms with van der Waals surface area (Å²) in [6, 6.07) is 6.02. The van der Waals surface area contributed by atoms with Crippen molar-refractivity contribution in [1.29, 1.82) is 0 Å². The first-order valence-corrected chi connectivity index (χ1v) is 7.97. The molecule has 1 saturated heterocycles. The number of hydrogen-bond donors (Lipinski definition) is 1. The van der Waals surface area contributed by atoms with Crippen LogP contribution >= 0.6 is 11.6 Å². The van der Waals surface area contributed by atoms with Crippen molar-refractivity contribution in [2.24, 2.45) is 0 Å². The van der Waals surface area contributed by atoms with Crippen molar-refractivity contribution < 1.29 is 4.74 Å². The van der Waals surface area contributed by atoms with E-state index in [0.717, 1.165) is 53.4 Å². The van der Waals surface area contributed by atoms with Crippen molar-refractivity contribution in [3.8, 4) is 11.1 Å². The van der Waals surface area contributed by atoms with Gasteiger partial charge in [0.15, 0.2) is 0 Å². The molecule has 1 aromatic heterocycles. The lowest BCUT2D eigenvalue weighted by molar-refractivity contribution is 0.120. The van der Waals surface area contributed by atoms with Gasteiger partial charge in [-0.1, -0.05) is 23.7 Å². The van der Waals surface area contributed by atoms with Gasteiger partial charge in [-0.15, -0.1) is 0 Å². The van der Waals surface area contributed by atoms with E-state index in [4.69, 9.17) is 16.3 Å². The van der Waals surface area contributed by atoms with Gasteiger partial charge in [-0.05, 0) is 38.3 Å². The largest absolute Gasteiger partial charge is 0.376 e. The molecule has 22 heavy (non-hydrogen) atoms. The van der Waals surface area contributed by atoms with Crippen LogP contribution in [0.5, 0.6) is 0 Å². The van der Waals surface area contributed by atoms with Crippen LogP contribution in [0, 0.1) is 13.8 Å². The van der Waals surface area contributed by atoms with Crippen LogP contribution < -0.4 is 5.32 Å². The van der Waals surface area contributed by atoms with Crippen molar-refractivity contribution in [3.63, 3.8) is 0 Å². The molecule has 1 aliphatic rings. The van der Waals surface area contributed by atoms with E-state index in [1.165, 1.54) is 0 Å². The number of nitrogens with zero attached hydrogens (tertiary/aromatic N) is 2. The first kappa shape index (κ1) is 15.3. The number of halogens is 1. The summed E-state index contributed by atoms with van der Waals surface area (Å²) in [6.45, 7) is 5.61. The highest BCUT2D eigenvalue weighted by Crippen LogP contribution is 2.30. The molecule has 0 radical (unpaired) electrons. The normalized spacial score (nSPS) is 17.7. The van der Waals surface area contributed by atoms with E-state index in [2.05, 4.69) is 15.3 Å². The summed E-state index contributed by atoms with van der Waals surface area (Å²) in [5, 5.41) is 3.98. The van der Waals surface area contributed by atoms with Gasteiger partial charge in [-0.3, -0.25) is 0 Å². The van der Waals surface area contributed by atoms with Crippen LogP contribution in [0.15, 0.2) is 24.4 Å². The molecule has 5 heteroatoms. The van der Waals surface area contributed by atoms with Crippen LogP contribution in [-0.2, 0) is 4.74 Å². The molecule has 2 aromatic rings. The van der Waals surface area contributed by atoms with Gasteiger partial charge in [0.2, 0.25) is 5.95 Å². The SMILES string of the molecule is Cc1ccc(-c2cnc(NCC3CCCO3)nc2C)c(Cl)c1. The second kappa shape index (κ2) is 6.63. The molecule has 1 N–H and O–H groups in total. The third kappa shape index (κ3) is 3.39. The van der Waals surface area contributed by atoms with Crippen LogP contribution in [0.1, 0.15) is 24.1 Å². The van der Waals surface area contributed by atoms with Gasteiger partial charge < -0.3 is 10.1 Å². The van der Waals surface area contributed by atoms with E-state index in [1.807, 2.05) is 38.2 Å². The molecule has 0 spiro atoms. The summed E-state index contributed by atoms with van der Waals surface area (Å²) >= 11 is 6.34. The zero-order valence-corrected chi connectivity index (χ0v) is 13.7. The number of aryl methyl sites for hydroxylation is 2. The summed E-state index contributed by atoms with van der Waals surface area (Å²) in [7, 11) is 0. The van der Waals surface area contributed by atoms with Gasteiger partial charge in [-0.25, -0.2) is 9.97 Å². The quantitative estimate of drug-likeness (QED) is 0.925. The number of benzene rings is 1. The molecule has 1 atom stereocenters. The molecular weight excluding hydrogens is 298 g/mol. The Hall–Kier alpha value is -1.65. The zero-order valence-electron chi connectivity index (χ0n) is 12.9. The Kier molecular flexibility index (Phi) is 4.60. The monoisotopic (exact) mass is 317 g/mol. The summed E-state index contributed by atoms with van der Waals surface area (Å²) in [5.41, 5.74) is 3.99. The van der Waals surface area contributed by atoms with E-state index < -0.39 is 0 Å². The van der Waals surface area contributed by atoms with Gasteiger partial charge in [0, 0.05) is 35.5 Å². The Morgan fingerprint density at radius 2 is 2.18 bits per heavy atom. The smallest absolute Gasteiger partial charge is 0.222 e. The highest BCUT2D eigenvalue weighted by atomic mass is 35.5. The van der Waals surface area contributed by atoms with Crippen molar-refractivity contribution in [3.05, 3.63) is 40.7 Å². The minimum atomic E-state index is 0.273. The standard InChI is InChI=1S/C17H20ClN3O/c1-11-5-6-14(16(18)8-11)15-10-20-17(21-12(15)2)19-9-13-4-3-7-22-13/h5-6,8,10,13H,3-4,7,9H2,1-2H3,(H,19,20,21). The number of ether oxygens (including phenoxy) is 1. The fraction of sp³-hybridized carbons (Fsp3) is 0.412. The molecule has 3 rings (SSSR count). The van der Waals surface area contributed by atoms with Gasteiger partial charge in [0.1, 0.15) is 0 Å². The molecule has 116 valence electrons. The van der Waals surface area contributed by atoms with Crippen LogP contribution in [0.2, 0.25) is 5.02 Å². The molecule has 0 aliphatic carbocycles. The van der Waals surface area contributed by atoms with Crippen molar-refractivity contribution in [2.45, 2.75) is 32.8 Å². The third-order valence-electron chi connectivity index (χ3n) is 3.91. The maximum absolute atomic E-state index is 6.34. The first-order valence-electron chi connectivity index (χ1n) is 7.59. The third-order valence-corrected chi connectivity index (χ3v) is 4.22. The van der Waals surface area contributed by atoms with Crippen LogP contribution in [0.25, 0.3) is 11.1 Å². The number of anilines is 1. The van der Waals surface area contributed by atoms with Crippen LogP contribution in [0.3, 0.4) is 0 Å².